The van der Waals surface area contributed by atoms with Crippen molar-refractivity contribution in [1.29, 1.82) is 0 Å². The zero-order valence-electron chi connectivity index (χ0n) is 12.1. The number of β-amino-alcohol motifs (C(OH)–C–C–N with tert-alkyl or cyclic N) is 1. The molecule has 2 fully saturated rings. The number of carbonyl (C=O) groups is 1. The molecule has 2 saturated heterocycles. The van der Waals surface area contributed by atoms with Crippen LogP contribution in [0.15, 0.2) is 0 Å². The predicted octanol–water partition coefficient (Wildman–Crippen LogP) is -0.00270. The van der Waals surface area contributed by atoms with Crippen molar-refractivity contribution in [3.63, 3.8) is 0 Å². The van der Waals surface area contributed by atoms with Crippen molar-refractivity contribution in [1.82, 2.24) is 14.7 Å². The molecule has 5 nitrogen and oxygen atoms in total. The van der Waals surface area contributed by atoms with Crippen LogP contribution < -0.4 is 0 Å². The number of nitrogens with zero attached hydrogens (tertiary/aromatic N) is 3. The van der Waals surface area contributed by atoms with Crippen LogP contribution in [-0.2, 0) is 4.79 Å². The van der Waals surface area contributed by atoms with Gasteiger partial charge in [-0.05, 0) is 32.7 Å². The monoisotopic (exact) mass is 269 g/mol. The maximum atomic E-state index is 12.4. The maximum Gasteiger partial charge on any atom is 0.239 e. The van der Waals surface area contributed by atoms with Gasteiger partial charge in [0.1, 0.15) is 0 Å². The van der Waals surface area contributed by atoms with Gasteiger partial charge in [-0.1, -0.05) is 0 Å². The predicted molar refractivity (Wildman–Crippen MR) is 75.0 cm³/mol. The minimum Gasteiger partial charge on any atom is -0.395 e. The second-order valence-corrected chi connectivity index (χ2v) is 5.66. The SMILES string of the molecule is CC(C(=O)N1CCCC1)N1CCCN(CCO)CC1. The zero-order chi connectivity index (χ0) is 13.7. The van der Waals surface area contributed by atoms with Crippen LogP contribution in [0.5, 0.6) is 0 Å². The smallest absolute Gasteiger partial charge is 0.239 e. The van der Waals surface area contributed by atoms with Gasteiger partial charge in [-0.15, -0.1) is 0 Å². The summed E-state index contributed by atoms with van der Waals surface area (Å²) in [5, 5.41) is 9.00. The van der Waals surface area contributed by atoms with Crippen LogP contribution in [-0.4, -0.2) is 84.2 Å². The molecule has 110 valence electrons. The number of hydrogen-bond donors (Lipinski definition) is 1. The van der Waals surface area contributed by atoms with Gasteiger partial charge in [-0.3, -0.25) is 14.6 Å². The van der Waals surface area contributed by atoms with Gasteiger partial charge in [0.2, 0.25) is 5.91 Å². The van der Waals surface area contributed by atoms with Crippen molar-refractivity contribution in [2.24, 2.45) is 0 Å². The second kappa shape index (κ2) is 7.22. The second-order valence-electron chi connectivity index (χ2n) is 5.66. The van der Waals surface area contributed by atoms with Gasteiger partial charge in [0.05, 0.1) is 12.6 Å². The highest BCUT2D eigenvalue weighted by atomic mass is 16.3. The fraction of sp³-hybridized carbons (Fsp3) is 0.929. The van der Waals surface area contributed by atoms with E-state index in [0.717, 1.165) is 65.1 Å². The lowest BCUT2D eigenvalue weighted by atomic mass is 10.2. The molecule has 2 aliphatic heterocycles. The molecule has 2 rings (SSSR count). The molecular weight excluding hydrogens is 242 g/mol. The summed E-state index contributed by atoms with van der Waals surface area (Å²) >= 11 is 0. The standard InChI is InChI=1S/C14H27N3O2/c1-13(14(19)17-6-2-3-7-17)16-8-4-5-15(9-10-16)11-12-18/h13,18H,2-12H2,1H3. The molecule has 5 heteroatoms. The summed E-state index contributed by atoms with van der Waals surface area (Å²) in [6, 6.07) is 0.00664. The van der Waals surface area contributed by atoms with Gasteiger partial charge in [-0.2, -0.15) is 0 Å². The minimum absolute atomic E-state index is 0.00664. The average molecular weight is 269 g/mol. The van der Waals surface area contributed by atoms with Gasteiger partial charge in [0.25, 0.3) is 0 Å². The van der Waals surface area contributed by atoms with Crippen molar-refractivity contribution >= 4 is 5.91 Å². The van der Waals surface area contributed by atoms with E-state index in [1.807, 2.05) is 11.8 Å². The van der Waals surface area contributed by atoms with Crippen LogP contribution in [0.2, 0.25) is 0 Å². The summed E-state index contributed by atoms with van der Waals surface area (Å²) in [7, 11) is 0. The van der Waals surface area contributed by atoms with E-state index in [2.05, 4.69) is 9.80 Å². The molecule has 0 aromatic carbocycles. The molecular formula is C14H27N3O2. The largest absolute Gasteiger partial charge is 0.395 e. The third-order valence-corrected chi connectivity index (χ3v) is 4.36. The number of rotatable bonds is 4. The summed E-state index contributed by atoms with van der Waals surface area (Å²) in [4.78, 5) is 19.0. The quantitative estimate of drug-likeness (QED) is 0.780. The van der Waals surface area contributed by atoms with Crippen molar-refractivity contribution in [3.8, 4) is 0 Å². The molecule has 0 aliphatic carbocycles. The van der Waals surface area contributed by atoms with Crippen LogP contribution in [0.3, 0.4) is 0 Å². The molecule has 2 aliphatic rings. The topological polar surface area (TPSA) is 47.0 Å². The Labute approximate surface area is 116 Å². The number of amides is 1. The van der Waals surface area contributed by atoms with E-state index < -0.39 is 0 Å². The first kappa shape index (κ1) is 14.8. The summed E-state index contributed by atoms with van der Waals surface area (Å²) in [6.45, 7) is 8.80. The molecule has 0 aromatic rings. The molecule has 0 aromatic heterocycles. The number of hydrogen-bond acceptors (Lipinski definition) is 4. The maximum absolute atomic E-state index is 12.4. The first-order chi connectivity index (χ1) is 9.22. The third kappa shape index (κ3) is 3.91. The lowest BCUT2D eigenvalue weighted by Crippen LogP contribution is -2.47. The fourth-order valence-electron chi connectivity index (χ4n) is 3.10. The van der Waals surface area contributed by atoms with Gasteiger partial charge >= 0.3 is 0 Å². The Morgan fingerprint density at radius 1 is 1.05 bits per heavy atom. The lowest BCUT2D eigenvalue weighted by molar-refractivity contribution is -0.135. The Hall–Kier alpha value is -0.650. The first-order valence-electron chi connectivity index (χ1n) is 7.58. The number of likely N-dealkylation sites (tertiary alicyclic amines) is 1. The molecule has 0 spiro atoms. The van der Waals surface area contributed by atoms with Crippen LogP contribution in [0.1, 0.15) is 26.2 Å². The van der Waals surface area contributed by atoms with Crippen molar-refractivity contribution in [2.75, 3.05) is 52.4 Å². The van der Waals surface area contributed by atoms with Crippen LogP contribution in [0, 0.1) is 0 Å². The Morgan fingerprint density at radius 3 is 2.47 bits per heavy atom. The summed E-state index contributed by atoms with van der Waals surface area (Å²) in [5.74, 6) is 0.299. The van der Waals surface area contributed by atoms with E-state index in [-0.39, 0.29) is 12.6 Å². The molecule has 0 bridgehead atoms. The molecule has 1 amide bonds. The Kier molecular flexibility index (Phi) is 5.60. The summed E-state index contributed by atoms with van der Waals surface area (Å²) < 4.78 is 0. The minimum atomic E-state index is 0.00664. The molecule has 2 heterocycles. The van der Waals surface area contributed by atoms with Crippen LogP contribution in [0.25, 0.3) is 0 Å². The number of aliphatic hydroxyl groups is 1. The van der Waals surface area contributed by atoms with E-state index in [4.69, 9.17) is 5.11 Å². The van der Waals surface area contributed by atoms with Crippen LogP contribution in [0.4, 0.5) is 0 Å². The average Bonchev–Trinajstić information content (AvgIpc) is 2.85. The van der Waals surface area contributed by atoms with Crippen molar-refractivity contribution < 1.29 is 9.90 Å². The summed E-state index contributed by atoms with van der Waals surface area (Å²) in [6.07, 6.45) is 3.39. The molecule has 0 radical (unpaired) electrons. The van der Waals surface area contributed by atoms with E-state index in [1.54, 1.807) is 0 Å². The number of aliphatic hydroxyl groups excluding tert-OH is 1. The normalized spacial score (nSPS) is 24.4. The summed E-state index contributed by atoms with van der Waals surface area (Å²) in [5.41, 5.74) is 0. The highest BCUT2D eigenvalue weighted by Crippen LogP contribution is 2.13. The van der Waals surface area contributed by atoms with E-state index >= 15 is 0 Å². The van der Waals surface area contributed by atoms with Crippen molar-refractivity contribution in [3.05, 3.63) is 0 Å². The molecule has 1 N–H and O–H groups in total. The van der Waals surface area contributed by atoms with E-state index in [1.165, 1.54) is 0 Å². The molecule has 1 unspecified atom stereocenters. The molecule has 1 atom stereocenters. The fourth-order valence-corrected chi connectivity index (χ4v) is 3.10. The first-order valence-corrected chi connectivity index (χ1v) is 7.58. The van der Waals surface area contributed by atoms with Gasteiger partial charge in [0, 0.05) is 39.3 Å². The van der Waals surface area contributed by atoms with Crippen molar-refractivity contribution in [2.45, 2.75) is 32.2 Å². The lowest BCUT2D eigenvalue weighted by Gasteiger charge is -2.30. The van der Waals surface area contributed by atoms with E-state index in [9.17, 15) is 4.79 Å². The number of carbonyl (C=O) groups excluding carboxylic acids is 1. The highest BCUT2D eigenvalue weighted by Gasteiger charge is 2.28. The molecule has 0 saturated carbocycles. The van der Waals surface area contributed by atoms with Crippen LogP contribution >= 0.6 is 0 Å². The Bertz CT molecular complexity index is 292. The van der Waals surface area contributed by atoms with Gasteiger partial charge in [-0.25, -0.2) is 0 Å². The van der Waals surface area contributed by atoms with Gasteiger partial charge in [0.15, 0.2) is 0 Å². The Balaban J connectivity index is 1.84. The Morgan fingerprint density at radius 2 is 1.79 bits per heavy atom. The highest BCUT2D eigenvalue weighted by molar-refractivity contribution is 5.81. The molecule has 19 heavy (non-hydrogen) atoms. The van der Waals surface area contributed by atoms with Gasteiger partial charge < -0.3 is 10.0 Å². The zero-order valence-corrected chi connectivity index (χ0v) is 12.1. The third-order valence-electron chi connectivity index (χ3n) is 4.36. The van der Waals surface area contributed by atoms with E-state index in [0.29, 0.717) is 5.91 Å².